The Labute approximate surface area is 156 Å². The number of nitrogens with one attached hydrogen (secondary N) is 2. The Hall–Kier alpha value is -2.80. The average Bonchev–Trinajstić information content (AvgIpc) is 2.72. The van der Waals surface area contributed by atoms with Gasteiger partial charge < -0.3 is 10.2 Å². The van der Waals surface area contributed by atoms with Crippen LogP contribution in [0.15, 0.2) is 47.1 Å². The molecule has 0 saturated carbocycles. The summed E-state index contributed by atoms with van der Waals surface area (Å²) in [5.41, 5.74) is 5.08. The second-order valence-corrected chi connectivity index (χ2v) is 6.91. The molecule has 1 fully saturated rings. The summed E-state index contributed by atoms with van der Waals surface area (Å²) < 4.78 is 14.3. The molecule has 6 nitrogen and oxygen atoms in total. The molecule has 0 bridgehead atoms. The number of piperazine rings is 1. The number of hydrogen-bond donors (Lipinski definition) is 2. The third-order valence-electron chi connectivity index (χ3n) is 5.15. The van der Waals surface area contributed by atoms with E-state index in [0.717, 1.165) is 16.8 Å². The molecule has 7 heteroatoms. The van der Waals surface area contributed by atoms with E-state index in [9.17, 15) is 14.0 Å². The highest BCUT2D eigenvalue weighted by Crippen LogP contribution is 2.26. The van der Waals surface area contributed by atoms with Crippen LogP contribution in [0, 0.1) is 11.7 Å². The van der Waals surface area contributed by atoms with Crippen molar-refractivity contribution in [3.05, 3.63) is 58.9 Å². The van der Waals surface area contributed by atoms with Crippen LogP contribution in [0.1, 0.15) is 22.3 Å². The van der Waals surface area contributed by atoms with Crippen LogP contribution in [0.25, 0.3) is 0 Å². The van der Waals surface area contributed by atoms with Gasteiger partial charge in [0.1, 0.15) is 5.82 Å². The largest absolute Gasteiger partial charge is 0.336 e. The lowest BCUT2D eigenvalue weighted by atomic mass is 9.84. The SMILES string of the molecule is O=C1NN=C(Cc2ccc(F)c(C(=O)N3CCNCC3)c2)C2=CC=CCC12. The predicted molar refractivity (Wildman–Crippen MR) is 99.8 cm³/mol. The molecule has 3 aliphatic rings. The second kappa shape index (κ2) is 7.44. The molecule has 0 spiro atoms. The Balaban J connectivity index is 1.58. The van der Waals surface area contributed by atoms with E-state index >= 15 is 0 Å². The lowest BCUT2D eigenvalue weighted by molar-refractivity contribution is -0.124. The molecule has 2 N–H and O–H groups in total. The van der Waals surface area contributed by atoms with Crippen molar-refractivity contribution >= 4 is 17.5 Å². The third kappa shape index (κ3) is 3.55. The highest BCUT2D eigenvalue weighted by Gasteiger charge is 2.30. The molecule has 2 amide bonds. The zero-order valence-corrected chi connectivity index (χ0v) is 14.9. The first-order chi connectivity index (χ1) is 13.1. The number of carbonyl (C=O) groups excluding carboxylic acids is 2. The minimum absolute atomic E-state index is 0.0870. The Morgan fingerprint density at radius 3 is 2.93 bits per heavy atom. The van der Waals surface area contributed by atoms with Crippen molar-refractivity contribution in [1.82, 2.24) is 15.6 Å². The van der Waals surface area contributed by atoms with Crippen LogP contribution in [0.3, 0.4) is 0 Å². The molecule has 2 heterocycles. The van der Waals surface area contributed by atoms with Gasteiger partial charge in [0.15, 0.2) is 0 Å². The van der Waals surface area contributed by atoms with Gasteiger partial charge in [-0.15, -0.1) is 0 Å². The van der Waals surface area contributed by atoms with Gasteiger partial charge in [-0.05, 0) is 29.7 Å². The van der Waals surface area contributed by atoms with Crippen LogP contribution >= 0.6 is 0 Å². The molecule has 27 heavy (non-hydrogen) atoms. The number of halogens is 1. The summed E-state index contributed by atoms with van der Waals surface area (Å²) in [5, 5.41) is 7.38. The number of carbonyl (C=O) groups is 2. The van der Waals surface area contributed by atoms with Crippen LogP contribution in [-0.4, -0.2) is 48.6 Å². The van der Waals surface area contributed by atoms with Crippen molar-refractivity contribution in [2.24, 2.45) is 11.0 Å². The van der Waals surface area contributed by atoms with E-state index in [4.69, 9.17) is 0 Å². The standard InChI is InChI=1S/C20H21FN4O2/c21-17-6-5-13(11-16(17)20(27)25-9-7-22-8-10-25)12-18-14-3-1-2-4-15(14)19(26)24-23-18/h1-3,5-6,11,15,22H,4,7-10,12H2,(H,24,26). The van der Waals surface area contributed by atoms with Crippen molar-refractivity contribution in [3.8, 4) is 0 Å². The van der Waals surface area contributed by atoms with E-state index < -0.39 is 5.82 Å². The molecule has 1 atom stereocenters. The molecule has 0 aromatic heterocycles. The third-order valence-corrected chi connectivity index (χ3v) is 5.15. The van der Waals surface area contributed by atoms with Gasteiger partial charge in [0.25, 0.3) is 5.91 Å². The molecular formula is C20H21FN4O2. The zero-order valence-electron chi connectivity index (χ0n) is 14.9. The summed E-state index contributed by atoms with van der Waals surface area (Å²) in [6, 6.07) is 4.60. The Bertz CT molecular complexity index is 869. The van der Waals surface area contributed by atoms with Crippen molar-refractivity contribution in [2.45, 2.75) is 12.8 Å². The summed E-state index contributed by atoms with van der Waals surface area (Å²) in [6.45, 7) is 2.57. The number of fused-ring (bicyclic) bond motifs is 1. The molecule has 4 rings (SSSR count). The summed E-state index contributed by atoms with van der Waals surface area (Å²) in [5.74, 6) is -1.14. The van der Waals surface area contributed by atoms with Gasteiger partial charge in [-0.3, -0.25) is 9.59 Å². The zero-order chi connectivity index (χ0) is 18.8. The van der Waals surface area contributed by atoms with E-state index in [1.165, 1.54) is 6.07 Å². The average molecular weight is 368 g/mol. The number of hydrogen-bond acceptors (Lipinski definition) is 4. The van der Waals surface area contributed by atoms with Crippen LogP contribution in [-0.2, 0) is 11.2 Å². The molecular weight excluding hydrogens is 347 g/mol. The van der Waals surface area contributed by atoms with Crippen molar-refractivity contribution in [1.29, 1.82) is 0 Å². The van der Waals surface area contributed by atoms with Gasteiger partial charge in [0.2, 0.25) is 5.91 Å². The van der Waals surface area contributed by atoms with Gasteiger partial charge in [0.05, 0.1) is 17.2 Å². The summed E-state index contributed by atoms with van der Waals surface area (Å²) in [4.78, 5) is 26.3. The maximum Gasteiger partial charge on any atom is 0.256 e. The van der Waals surface area contributed by atoms with E-state index in [1.54, 1.807) is 17.0 Å². The number of nitrogens with zero attached hydrogens (tertiary/aromatic N) is 2. The highest BCUT2D eigenvalue weighted by atomic mass is 19.1. The number of amides is 2. The van der Waals surface area contributed by atoms with Crippen LogP contribution in [0.4, 0.5) is 4.39 Å². The van der Waals surface area contributed by atoms with Gasteiger partial charge in [0, 0.05) is 32.6 Å². The first kappa shape index (κ1) is 17.6. The van der Waals surface area contributed by atoms with Gasteiger partial charge in [-0.1, -0.05) is 24.3 Å². The van der Waals surface area contributed by atoms with E-state index in [1.807, 2.05) is 18.2 Å². The van der Waals surface area contributed by atoms with Crippen LogP contribution in [0.2, 0.25) is 0 Å². The molecule has 1 saturated heterocycles. The normalized spacial score (nSPS) is 21.9. The Morgan fingerprint density at radius 2 is 2.11 bits per heavy atom. The number of rotatable bonds is 3. The molecule has 1 aliphatic carbocycles. The fourth-order valence-electron chi connectivity index (χ4n) is 3.66. The fourth-order valence-corrected chi connectivity index (χ4v) is 3.66. The lowest BCUT2D eigenvalue weighted by Crippen LogP contribution is -2.46. The van der Waals surface area contributed by atoms with Gasteiger partial charge >= 0.3 is 0 Å². The van der Waals surface area contributed by atoms with E-state index in [2.05, 4.69) is 15.8 Å². The minimum Gasteiger partial charge on any atom is -0.336 e. The van der Waals surface area contributed by atoms with Crippen LogP contribution < -0.4 is 10.7 Å². The number of allylic oxidation sites excluding steroid dienone is 3. The van der Waals surface area contributed by atoms with Gasteiger partial charge in [-0.2, -0.15) is 5.10 Å². The van der Waals surface area contributed by atoms with E-state index in [0.29, 0.717) is 39.0 Å². The second-order valence-electron chi connectivity index (χ2n) is 6.91. The Kier molecular flexibility index (Phi) is 4.85. The first-order valence-electron chi connectivity index (χ1n) is 9.15. The molecule has 0 radical (unpaired) electrons. The minimum atomic E-state index is -0.515. The van der Waals surface area contributed by atoms with Crippen molar-refractivity contribution in [2.75, 3.05) is 26.2 Å². The number of hydrazone groups is 1. The lowest BCUT2D eigenvalue weighted by Gasteiger charge is -2.28. The van der Waals surface area contributed by atoms with Gasteiger partial charge in [-0.25, -0.2) is 9.82 Å². The Morgan fingerprint density at radius 1 is 1.30 bits per heavy atom. The van der Waals surface area contributed by atoms with Crippen LogP contribution in [0.5, 0.6) is 0 Å². The summed E-state index contributed by atoms with van der Waals surface area (Å²) in [6.07, 6.45) is 6.86. The van der Waals surface area contributed by atoms with E-state index in [-0.39, 0.29) is 23.3 Å². The van der Waals surface area contributed by atoms with Crippen molar-refractivity contribution < 1.29 is 14.0 Å². The maximum atomic E-state index is 14.3. The summed E-state index contributed by atoms with van der Waals surface area (Å²) in [7, 11) is 0. The fraction of sp³-hybridized carbons (Fsp3) is 0.350. The topological polar surface area (TPSA) is 73.8 Å². The number of benzene rings is 1. The summed E-state index contributed by atoms with van der Waals surface area (Å²) >= 11 is 0. The predicted octanol–water partition coefficient (Wildman–Crippen LogP) is 1.40. The molecule has 140 valence electrons. The smallest absolute Gasteiger partial charge is 0.256 e. The highest BCUT2D eigenvalue weighted by molar-refractivity contribution is 6.09. The molecule has 1 aromatic carbocycles. The maximum absolute atomic E-state index is 14.3. The quantitative estimate of drug-likeness (QED) is 0.847. The molecule has 1 aromatic rings. The molecule has 2 aliphatic heterocycles. The first-order valence-corrected chi connectivity index (χ1v) is 9.15. The molecule has 1 unspecified atom stereocenters. The monoisotopic (exact) mass is 368 g/mol. The van der Waals surface area contributed by atoms with Crippen molar-refractivity contribution in [3.63, 3.8) is 0 Å².